The van der Waals surface area contributed by atoms with Crippen LogP contribution >= 0.6 is 11.8 Å². The average molecular weight is 416 g/mol. The summed E-state index contributed by atoms with van der Waals surface area (Å²) in [4.78, 5) is 40.1. The van der Waals surface area contributed by atoms with Crippen molar-refractivity contribution in [2.24, 2.45) is 0 Å². The third kappa shape index (κ3) is 3.51. The van der Waals surface area contributed by atoms with E-state index < -0.39 is 17.6 Å². The van der Waals surface area contributed by atoms with Gasteiger partial charge in [-0.3, -0.25) is 14.5 Å². The van der Waals surface area contributed by atoms with E-state index in [1.165, 1.54) is 34.7 Å². The maximum absolute atomic E-state index is 12.7. The number of carbonyl (C=O) groups is 3. The van der Waals surface area contributed by atoms with E-state index in [1.54, 1.807) is 12.1 Å². The first-order chi connectivity index (χ1) is 13.9. The normalized spacial score (nSPS) is 25.7. The Kier molecular flexibility index (Phi) is 5.10. The molecule has 0 spiro atoms. The first-order valence-corrected chi connectivity index (χ1v) is 10.1. The van der Waals surface area contributed by atoms with Gasteiger partial charge in [0.1, 0.15) is 18.0 Å². The second-order valence-electron chi connectivity index (χ2n) is 7.05. The van der Waals surface area contributed by atoms with Gasteiger partial charge < -0.3 is 19.2 Å². The number of esters is 1. The van der Waals surface area contributed by atoms with Crippen LogP contribution < -0.4 is 4.90 Å². The predicted molar refractivity (Wildman–Crippen MR) is 105 cm³/mol. The topological polar surface area (TPSA) is 100 Å². The fourth-order valence-corrected chi connectivity index (χ4v) is 4.95. The number of β-lactam (4-membered cyclic amide) rings is 1. The second-order valence-corrected chi connectivity index (χ2v) is 8.15. The van der Waals surface area contributed by atoms with Gasteiger partial charge in [-0.25, -0.2) is 4.79 Å². The molecule has 1 aromatic carbocycles. The fraction of sp³-hybridized carbons (Fsp3) is 0.350. The number of ether oxygens (including phenoxy) is 1. The molecule has 2 aliphatic rings. The number of furan rings is 1. The van der Waals surface area contributed by atoms with E-state index in [-0.39, 0.29) is 36.1 Å². The molecule has 29 heavy (non-hydrogen) atoms. The van der Waals surface area contributed by atoms with Gasteiger partial charge in [0.25, 0.3) is 0 Å². The van der Waals surface area contributed by atoms with Crippen molar-refractivity contribution >= 4 is 35.4 Å². The van der Waals surface area contributed by atoms with E-state index in [9.17, 15) is 19.5 Å². The van der Waals surface area contributed by atoms with Gasteiger partial charge >= 0.3 is 5.97 Å². The fourth-order valence-electron chi connectivity index (χ4n) is 3.52. The maximum atomic E-state index is 12.7. The van der Waals surface area contributed by atoms with Crippen molar-refractivity contribution in [3.63, 3.8) is 0 Å². The first kappa shape index (κ1) is 19.5. The minimum atomic E-state index is -1.79. The summed E-state index contributed by atoms with van der Waals surface area (Å²) in [6, 6.07) is 11.7. The molecule has 0 aliphatic carbocycles. The summed E-state index contributed by atoms with van der Waals surface area (Å²) < 4.78 is 10.6. The van der Waals surface area contributed by atoms with Crippen molar-refractivity contribution in [2.75, 3.05) is 17.2 Å². The first-order valence-electron chi connectivity index (χ1n) is 9.10. The predicted octanol–water partition coefficient (Wildman–Crippen LogP) is 1.39. The lowest BCUT2D eigenvalue weighted by Gasteiger charge is -2.54. The highest BCUT2D eigenvalue weighted by atomic mass is 32.2. The molecule has 2 aliphatic heterocycles. The highest BCUT2D eigenvalue weighted by Crippen LogP contribution is 2.42. The molecule has 1 N–H and O–H groups in total. The zero-order valence-electron chi connectivity index (χ0n) is 15.7. The van der Waals surface area contributed by atoms with Crippen molar-refractivity contribution in [2.45, 2.75) is 30.5 Å². The molecule has 0 saturated carbocycles. The lowest BCUT2D eigenvalue weighted by atomic mass is 9.98. The number of hydrogen-bond donors (Lipinski definition) is 1. The van der Waals surface area contributed by atoms with Gasteiger partial charge in [0.05, 0.1) is 12.8 Å². The standard InChI is InChI=1S/C20H20N2O6S/c1-13(23)22(15-8-5-9-27-15)16-17(24)21-11-20(26,12-29-18(16)21)19(25)28-10-14-6-3-2-4-7-14/h2-9,16,18,26H,10-12H2,1H3/t16?,18-,20?/m1/s1. The Balaban J connectivity index is 1.43. The zero-order valence-corrected chi connectivity index (χ0v) is 16.5. The number of benzene rings is 1. The van der Waals surface area contributed by atoms with Crippen molar-refractivity contribution in [1.29, 1.82) is 0 Å². The number of fused-ring (bicyclic) bond motifs is 1. The van der Waals surface area contributed by atoms with Gasteiger partial charge in [0, 0.05) is 18.7 Å². The van der Waals surface area contributed by atoms with Gasteiger partial charge in [-0.15, -0.1) is 11.8 Å². The number of carbonyl (C=O) groups excluding carboxylic acids is 3. The monoisotopic (exact) mass is 416 g/mol. The minimum absolute atomic E-state index is 0.0449. The van der Waals surface area contributed by atoms with Gasteiger partial charge in [0.15, 0.2) is 5.60 Å². The number of amides is 2. The molecule has 2 saturated heterocycles. The molecule has 3 heterocycles. The number of anilines is 1. The molecule has 3 atom stereocenters. The quantitative estimate of drug-likeness (QED) is 0.581. The number of thioether (sulfide) groups is 1. The molecule has 8 nitrogen and oxygen atoms in total. The molecule has 1 aromatic heterocycles. The Morgan fingerprint density at radius 2 is 2.07 bits per heavy atom. The molecule has 2 aromatic rings. The lowest BCUT2D eigenvalue weighted by Crippen LogP contribution is -2.75. The van der Waals surface area contributed by atoms with E-state index in [1.807, 2.05) is 30.3 Å². The highest BCUT2D eigenvalue weighted by molar-refractivity contribution is 8.00. The number of rotatable bonds is 5. The van der Waals surface area contributed by atoms with Crippen LogP contribution in [0.2, 0.25) is 0 Å². The van der Waals surface area contributed by atoms with E-state index in [4.69, 9.17) is 9.15 Å². The summed E-state index contributed by atoms with van der Waals surface area (Å²) in [5.74, 6) is -1.07. The van der Waals surface area contributed by atoms with Crippen LogP contribution in [0, 0.1) is 0 Å². The number of aliphatic hydroxyl groups is 1. The number of hydrogen-bond acceptors (Lipinski definition) is 7. The van der Waals surface area contributed by atoms with Crippen molar-refractivity contribution in [3.05, 3.63) is 54.3 Å². The summed E-state index contributed by atoms with van der Waals surface area (Å²) in [6.07, 6.45) is 1.43. The third-order valence-corrected chi connectivity index (χ3v) is 6.49. The van der Waals surface area contributed by atoms with E-state index >= 15 is 0 Å². The third-order valence-electron chi connectivity index (χ3n) is 4.99. The SMILES string of the molecule is CC(=O)N(c1ccco1)C1C(=O)N2CC(O)(C(=O)OCc3ccccc3)CS[C@H]12. The van der Waals surface area contributed by atoms with E-state index in [0.717, 1.165) is 5.56 Å². The molecular formula is C20H20N2O6S. The largest absolute Gasteiger partial charge is 0.459 e. The molecule has 2 amide bonds. The molecule has 0 bridgehead atoms. The van der Waals surface area contributed by atoms with Crippen molar-refractivity contribution < 1.29 is 28.6 Å². The summed E-state index contributed by atoms with van der Waals surface area (Å²) in [6.45, 7) is 1.24. The highest BCUT2D eigenvalue weighted by Gasteiger charge is 2.59. The Bertz CT molecular complexity index is 918. The van der Waals surface area contributed by atoms with Crippen molar-refractivity contribution in [1.82, 2.24) is 4.90 Å². The second kappa shape index (κ2) is 7.57. The van der Waals surface area contributed by atoms with Crippen LogP contribution in [0.5, 0.6) is 0 Å². The van der Waals surface area contributed by atoms with Crippen LogP contribution in [0.25, 0.3) is 0 Å². The Labute approximate surface area is 171 Å². The average Bonchev–Trinajstić information content (AvgIpc) is 3.25. The van der Waals surface area contributed by atoms with Gasteiger partial charge in [-0.1, -0.05) is 30.3 Å². The summed E-state index contributed by atoms with van der Waals surface area (Å²) >= 11 is 1.24. The van der Waals surface area contributed by atoms with E-state index in [2.05, 4.69) is 0 Å². The molecule has 9 heteroatoms. The summed E-state index contributed by atoms with van der Waals surface area (Å²) in [5, 5.41) is 10.4. The van der Waals surface area contributed by atoms with Crippen LogP contribution in [0.15, 0.2) is 53.1 Å². The Hall–Kier alpha value is -2.78. The van der Waals surface area contributed by atoms with Crippen LogP contribution in [-0.2, 0) is 25.7 Å². The molecular weight excluding hydrogens is 396 g/mol. The van der Waals surface area contributed by atoms with Crippen LogP contribution in [0.3, 0.4) is 0 Å². The molecule has 0 radical (unpaired) electrons. The molecule has 2 unspecified atom stereocenters. The smallest absolute Gasteiger partial charge is 0.341 e. The zero-order chi connectivity index (χ0) is 20.6. The Morgan fingerprint density at radius 1 is 1.31 bits per heavy atom. The molecule has 4 rings (SSSR count). The summed E-state index contributed by atoms with van der Waals surface area (Å²) in [5.41, 5.74) is -0.982. The summed E-state index contributed by atoms with van der Waals surface area (Å²) in [7, 11) is 0. The Morgan fingerprint density at radius 3 is 2.72 bits per heavy atom. The van der Waals surface area contributed by atoms with Crippen LogP contribution in [-0.4, -0.2) is 57.1 Å². The van der Waals surface area contributed by atoms with Gasteiger partial charge in [-0.2, -0.15) is 0 Å². The van der Waals surface area contributed by atoms with E-state index in [0.29, 0.717) is 5.88 Å². The minimum Gasteiger partial charge on any atom is -0.459 e. The maximum Gasteiger partial charge on any atom is 0.341 e. The molecule has 152 valence electrons. The van der Waals surface area contributed by atoms with Crippen LogP contribution in [0.4, 0.5) is 5.88 Å². The van der Waals surface area contributed by atoms with Crippen LogP contribution in [0.1, 0.15) is 12.5 Å². The lowest BCUT2D eigenvalue weighted by molar-refractivity contribution is -0.172. The van der Waals surface area contributed by atoms with Gasteiger partial charge in [-0.05, 0) is 11.6 Å². The van der Waals surface area contributed by atoms with Gasteiger partial charge in [0.2, 0.25) is 17.7 Å². The number of nitrogens with zero attached hydrogens (tertiary/aromatic N) is 2. The molecule has 2 fully saturated rings. The van der Waals surface area contributed by atoms with Crippen molar-refractivity contribution in [3.8, 4) is 0 Å².